The molecule has 648 valence electrons. The van der Waals surface area contributed by atoms with Gasteiger partial charge in [0.1, 0.15) is 19.3 Å². The highest BCUT2D eigenvalue weighted by Gasteiger charge is 2.31. The first-order chi connectivity index (χ1) is 52.9. The molecule has 0 aromatic carbocycles. The topological polar surface area (TPSA) is 237 Å². The summed E-state index contributed by atoms with van der Waals surface area (Å²) in [4.78, 5) is 73.4. The second-order valence-corrected chi connectivity index (χ2v) is 36.0. The van der Waals surface area contributed by atoms with E-state index in [2.05, 4.69) is 41.5 Å². The third-order valence-electron chi connectivity index (χ3n) is 21.6. The summed E-state index contributed by atoms with van der Waals surface area (Å²) in [5, 5.41) is 10.7. The van der Waals surface area contributed by atoms with Crippen LogP contribution in [0.15, 0.2) is 0 Å². The number of esters is 4. The lowest BCUT2D eigenvalue weighted by Gasteiger charge is -2.21. The Labute approximate surface area is 670 Å². The van der Waals surface area contributed by atoms with Crippen molar-refractivity contribution in [1.29, 1.82) is 0 Å². The summed E-state index contributed by atoms with van der Waals surface area (Å²) in [6, 6.07) is 0. The molecule has 0 aliphatic heterocycles. The van der Waals surface area contributed by atoms with Crippen LogP contribution in [0, 0.1) is 11.8 Å². The van der Waals surface area contributed by atoms with Crippen LogP contribution in [-0.4, -0.2) is 96.7 Å². The van der Waals surface area contributed by atoms with Gasteiger partial charge in [-0.2, -0.15) is 0 Å². The van der Waals surface area contributed by atoms with E-state index in [1.165, 1.54) is 302 Å². The SMILES string of the molecule is CCCCCCCCCCCCCCCCCCCCCCC(=O)O[C@H](COC(=O)CCCCCCCCCCCCCCCCCC(C)C)COP(=O)(O)OC[C@@H](O)COP(=O)(O)OC[C@@H](COC(=O)CCCCCCCCCCCCCCC)OC(=O)CCCCCCCCCCCCCCCCC(C)CC. The van der Waals surface area contributed by atoms with Crippen molar-refractivity contribution in [2.75, 3.05) is 39.6 Å². The Balaban J connectivity index is 5.27. The molecule has 6 atom stereocenters. The molecule has 0 fully saturated rings. The fraction of sp³-hybridized carbons (Fsp3) is 0.956. The molecular weight excluding hydrogens is 1410 g/mol. The number of unbranched alkanes of at least 4 members (excludes halogenated alkanes) is 58. The van der Waals surface area contributed by atoms with Crippen molar-refractivity contribution in [3.8, 4) is 0 Å². The van der Waals surface area contributed by atoms with E-state index in [0.717, 1.165) is 102 Å². The zero-order chi connectivity index (χ0) is 79.9. The minimum atomic E-state index is -4.97. The number of hydrogen-bond acceptors (Lipinski definition) is 15. The number of phosphoric ester groups is 2. The van der Waals surface area contributed by atoms with Crippen molar-refractivity contribution in [2.45, 2.75) is 503 Å². The lowest BCUT2D eigenvalue weighted by Crippen LogP contribution is -2.30. The zero-order valence-corrected chi connectivity index (χ0v) is 73.7. The summed E-state index contributed by atoms with van der Waals surface area (Å²) in [6.45, 7) is 9.79. The molecule has 0 saturated heterocycles. The minimum Gasteiger partial charge on any atom is -0.462 e. The number of aliphatic hydroxyl groups is 1. The van der Waals surface area contributed by atoms with Crippen LogP contribution < -0.4 is 0 Å². The lowest BCUT2D eigenvalue weighted by atomic mass is 9.99. The second kappa shape index (κ2) is 81.2. The van der Waals surface area contributed by atoms with E-state index in [1.54, 1.807) is 0 Å². The van der Waals surface area contributed by atoms with Gasteiger partial charge in [0, 0.05) is 25.7 Å². The summed E-state index contributed by atoms with van der Waals surface area (Å²) >= 11 is 0. The summed E-state index contributed by atoms with van der Waals surface area (Å²) in [6.07, 6.45) is 74.8. The average Bonchev–Trinajstić information content (AvgIpc) is 0.910. The zero-order valence-electron chi connectivity index (χ0n) is 71.9. The largest absolute Gasteiger partial charge is 0.472 e. The standard InChI is InChI=1S/C90H176O17P2/c1-7-10-12-14-16-18-20-22-23-24-25-26-27-30-38-44-50-56-62-68-74-89(94)106-86(79-101-88(93)73-67-61-55-49-43-37-31-28-29-35-40-46-52-58-64-70-82(4)5)81-105-109(98,99)103-77-84(91)76-102-108(96,97)104-80-85(78-100-87(92)72-66-60-54-48-42-34-21-19-17-15-13-11-8-2)107-90(95)75-69-63-57-51-45-39-33-32-36-41-47-53-59-65-71-83(6)9-3/h82-86,91H,7-81H2,1-6H3,(H,96,97)(H,98,99)/t83?,84-,85+,86+/m0/s1. The predicted octanol–water partition coefficient (Wildman–Crippen LogP) is 27.8. The molecule has 109 heavy (non-hydrogen) atoms. The third-order valence-corrected chi connectivity index (χ3v) is 23.5. The van der Waals surface area contributed by atoms with Crippen LogP contribution in [0.4, 0.5) is 0 Å². The smallest absolute Gasteiger partial charge is 0.462 e. The van der Waals surface area contributed by atoms with E-state index >= 15 is 0 Å². The molecule has 0 aliphatic rings. The fourth-order valence-electron chi connectivity index (χ4n) is 14.1. The maximum Gasteiger partial charge on any atom is 0.472 e. The molecule has 0 heterocycles. The Morgan fingerprint density at radius 3 is 0.697 bits per heavy atom. The number of aliphatic hydroxyl groups excluding tert-OH is 1. The highest BCUT2D eigenvalue weighted by Crippen LogP contribution is 2.45. The first-order valence-corrected chi connectivity index (χ1v) is 49.5. The van der Waals surface area contributed by atoms with Crippen molar-refractivity contribution < 1.29 is 80.2 Å². The number of carbonyl (C=O) groups excluding carboxylic acids is 4. The normalized spacial score (nSPS) is 14.0. The molecule has 0 radical (unpaired) electrons. The van der Waals surface area contributed by atoms with E-state index in [4.69, 9.17) is 37.0 Å². The van der Waals surface area contributed by atoms with Gasteiger partial charge in [-0.15, -0.1) is 0 Å². The maximum absolute atomic E-state index is 13.2. The molecule has 0 amide bonds. The van der Waals surface area contributed by atoms with E-state index in [0.29, 0.717) is 25.7 Å². The monoisotopic (exact) mass is 1590 g/mol. The molecule has 17 nitrogen and oxygen atoms in total. The summed E-state index contributed by atoms with van der Waals surface area (Å²) < 4.78 is 69.1. The summed E-state index contributed by atoms with van der Waals surface area (Å²) in [5.41, 5.74) is 0. The Morgan fingerprint density at radius 1 is 0.266 bits per heavy atom. The molecule has 0 aliphatic carbocycles. The summed E-state index contributed by atoms with van der Waals surface area (Å²) in [5.74, 6) is -0.442. The molecule has 0 aromatic rings. The minimum absolute atomic E-state index is 0.108. The molecule has 0 rings (SSSR count). The van der Waals surface area contributed by atoms with Gasteiger partial charge >= 0.3 is 39.5 Å². The van der Waals surface area contributed by atoms with Crippen LogP contribution in [0.1, 0.15) is 485 Å². The molecule has 3 unspecified atom stereocenters. The molecular formula is C90H176O17P2. The van der Waals surface area contributed by atoms with Crippen LogP contribution in [0.25, 0.3) is 0 Å². The number of carbonyl (C=O) groups is 4. The third kappa shape index (κ3) is 82.4. The van der Waals surface area contributed by atoms with Crippen LogP contribution in [0.3, 0.4) is 0 Å². The number of rotatable bonds is 89. The first-order valence-electron chi connectivity index (χ1n) is 46.5. The van der Waals surface area contributed by atoms with Gasteiger partial charge in [0.15, 0.2) is 12.2 Å². The van der Waals surface area contributed by atoms with E-state index in [9.17, 15) is 43.2 Å². The lowest BCUT2D eigenvalue weighted by molar-refractivity contribution is -0.161. The summed E-state index contributed by atoms with van der Waals surface area (Å²) in [7, 11) is -9.94. The molecule has 19 heteroatoms. The molecule has 0 bridgehead atoms. The molecule has 3 N–H and O–H groups in total. The van der Waals surface area contributed by atoms with Crippen LogP contribution in [0.5, 0.6) is 0 Å². The van der Waals surface area contributed by atoms with Crippen molar-refractivity contribution in [1.82, 2.24) is 0 Å². The van der Waals surface area contributed by atoms with Crippen LogP contribution in [-0.2, 0) is 65.4 Å². The Morgan fingerprint density at radius 2 is 0.468 bits per heavy atom. The van der Waals surface area contributed by atoms with Crippen molar-refractivity contribution >= 4 is 39.5 Å². The van der Waals surface area contributed by atoms with Crippen molar-refractivity contribution in [2.24, 2.45) is 11.8 Å². The average molecular weight is 1590 g/mol. The highest BCUT2D eigenvalue weighted by atomic mass is 31.2. The Hall–Kier alpha value is -1.94. The highest BCUT2D eigenvalue weighted by molar-refractivity contribution is 7.47. The van der Waals surface area contributed by atoms with Crippen LogP contribution in [0.2, 0.25) is 0 Å². The Kier molecular flexibility index (Phi) is 79.8. The van der Waals surface area contributed by atoms with Crippen molar-refractivity contribution in [3.05, 3.63) is 0 Å². The quantitative estimate of drug-likeness (QED) is 0.0222. The van der Waals surface area contributed by atoms with Gasteiger partial charge < -0.3 is 33.8 Å². The van der Waals surface area contributed by atoms with Gasteiger partial charge in [-0.05, 0) is 37.5 Å². The first kappa shape index (κ1) is 107. The van der Waals surface area contributed by atoms with Gasteiger partial charge in [-0.3, -0.25) is 37.3 Å². The van der Waals surface area contributed by atoms with E-state index < -0.39 is 97.5 Å². The van der Waals surface area contributed by atoms with Gasteiger partial charge in [0.05, 0.1) is 26.4 Å². The van der Waals surface area contributed by atoms with Crippen molar-refractivity contribution in [3.63, 3.8) is 0 Å². The van der Waals surface area contributed by atoms with E-state index in [1.807, 2.05) is 0 Å². The Bertz CT molecular complexity index is 2080. The predicted molar refractivity (Wildman–Crippen MR) is 451 cm³/mol. The fourth-order valence-corrected chi connectivity index (χ4v) is 15.7. The van der Waals surface area contributed by atoms with E-state index in [-0.39, 0.29) is 25.7 Å². The number of phosphoric acid groups is 2. The number of hydrogen-bond donors (Lipinski definition) is 3. The van der Waals surface area contributed by atoms with Gasteiger partial charge in [0.25, 0.3) is 0 Å². The van der Waals surface area contributed by atoms with Gasteiger partial charge in [-0.1, -0.05) is 433 Å². The second-order valence-electron chi connectivity index (χ2n) is 33.1. The number of ether oxygens (including phenoxy) is 4. The van der Waals surface area contributed by atoms with Crippen LogP contribution >= 0.6 is 15.6 Å². The maximum atomic E-state index is 13.2. The van der Waals surface area contributed by atoms with Gasteiger partial charge in [0.2, 0.25) is 0 Å². The molecule has 0 aromatic heterocycles. The molecule has 0 spiro atoms. The molecule has 0 saturated carbocycles. The van der Waals surface area contributed by atoms with Gasteiger partial charge in [-0.25, -0.2) is 9.13 Å².